The Labute approximate surface area is 148 Å². The summed E-state index contributed by atoms with van der Waals surface area (Å²) in [7, 11) is -4.94. The number of sulfone groups is 1. The Bertz CT molecular complexity index is 987. The van der Waals surface area contributed by atoms with E-state index in [0.717, 1.165) is 12.1 Å². The Morgan fingerprint density at radius 3 is 2.50 bits per heavy atom. The molecule has 0 aliphatic heterocycles. The summed E-state index contributed by atoms with van der Waals surface area (Å²) in [6.07, 6.45) is 0. The molecule has 0 radical (unpaired) electrons. The fraction of sp³-hybridized carbons (Fsp3) is 0.188. The Balaban J connectivity index is 2.40. The number of hydrogen-bond donors (Lipinski definition) is 1. The molecule has 0 aliphatic rings. The molecule has 0 saturated heterocycles. The number of anilines is 1. The Kier molecular flexibility index (Phi) is 5.52. The van der Waals surface area contributed by atoms with Gasteiger partial charge in [-0.15, -0.1) is 0 Å². The van der Waals surface area contributed by atoms with Gasteiger partial charge >= 0.3 is 5.76 Å². The molecule has 2 rings (SSSR count). The molecule has 0 fully saturated rings. The molecule has 26 heavy (non-hydrogen) atoms. The van der Waals surface area contributed by atoms with Gasteiger partial charge in [0.2, 0.25) is 9.84 Å². The van der Waals surface area contributed by atoms with Gasteiger partial charge in [-0.3, -0.25) is 10.1 Å². The summed E-state index contributed by atoms with van der Waals surface area (Å²) < 4.78 is 48.3. The van der Waals surface area contributed by atoms with Crippen LogP contribution in [0.3, 0.4) is 0 Å². The first kappa shape index (κ1) is 19.3. The standard InChI is InChI=1S/C16H13F2N3O4S/c1-10(12-4-2-3-11(7-12)9-19)20-14-6-5-13(8-15(14)21(22)23)26(24,25)16(17)18/h2-8,10,16,20H,1H3. The quantitative estimate of drug-likeness (QED) is 0.604. The molecule has 136 valence electrons. The van der Waals surface area contributed by atoms with Gasteiger partial charge in [-0.25, -0.2) is 8.42 Å². The van der Waals surface area contributed by atoms with Crippen LogP contribution in [0.25, 0.3) is 0 Å². The third-order valence-corrected chi connectivity index (χ3v) is 5.00. The number of halogens is 2. The maximum atomic E-state index is 12.6. The molecular formula is C16H13F2N3O4S. The van der Waals surface area contributed by atoms with Crippen molar-refractivity contribution in [3.63, 3.8) is 0 Å². The van der Waals surface area contributed by atoms with Crippen LogP contribution in [0, 0.1) is 21.4 Å². The second kappa shape index (κ2) is 7.45. The highest BCUT2D eigenvalue weighted by Gasteiger charge is 2.29. The monoisotopic (exact) mass is 381 g/mol. The number of benzene rings is 2. The molecule has 2 aromatic rings. The SMILES string of the molecule is CC(Nc1ccc(S(=O)(=O)C(F)F)cc1[N+](=O)[O-])c1cccc(C#N)c1. The molecule has 1 unspecified atom stereocenters. The van der Waals surface area contributed by atoms with Gasteiger partial charge in [-0.2, -0.15) is 14.0 Å². The number of nitro benzene ring substituents is 1. The first-order chi connectivity index (χ1) is 12.2. The first-order valence-electron chi connectivity index (χ1n) is 7.24. The van der Waals surface area contributed by atoms with E-state index in [9.17, 15) is 27.3 Å². The largest absolute Gasteiger partial charge is 0.373 e. The van der Waals surface area contributed by atoms with Crippen LogP contribution < -0.4 is 5.32 Å². The fourth-order valence-corrected chi connectivity index (χ4v) is 3.00. The molecule has 0 aromatic heterocycles. The van der Waals surface area contributed by atoms with Crippen LogP contribution >= 0.6 is 0 Å². The lowest BCUT2D eigenvalue weighted by atomic mass is 10.1. The van der Waals surface area contributed by atoms with Crippen LogP contribution in [0.2, 0.25) is 0 Å². The molecule has 0 aliphatic carbocycles. The maximum absolute atomic E-state index is 12.6. The Morgan fingerprint density at radius 1 is 1.23 bits per heavy atom. The number of nitrogens with zero attached hydrogens (tertiary/aromatic N) is 2. The number of alkyl halides is 2. The highest BCUT2D eigenvalue weighted by atomic mass is 32.2. The average molecular weight is 381 g/mol. The van der Waals surface area contributed by atoms with E-state index in [-0.39, 0.29) is 5.69 Å². The van der Waals surface area contributed by atoms with Crippen LogP contribution in [-0.2, 0) is 9.84 Å². The molecule has 0 bridgehead atoms. The summed E-state index contributed by atoms with van der Waals surface area (Å²) in [5, 5.41) is 23.0. The number of nitro groups is 1. The average Bonchev–Trinajstić information content (AvgIpc) is 2.61. The molecule has 0 spiro atoms. The minimum atomic E-state index is -4.94. The van der Waals surface area contributed by atoms with Crippen molar-refractivity contribution in [2.75, 3.05) is 5.32 Å². The van der Waals surface area contributed by atoms with E-state index in [1.165, 1.54) is 0 Å². The lowest BCUT2D eigenvalue weighted by Gasteiger charge is -2.16. The molecule has 1 N–H and O–H groups in total. The van der Waals surface area contributed by atoms with Gasteiger partial charge in [0.1, 0.15) is 5.69 Å². The molecule has 1 atom stereocenters. The number of rotatable bonds is 6. The molecule has 0 heterocycles. The molecule has 0 saturated carbocycles. The molecule has 2 aromatic carbocycles. The van der Waals surface area contributed by atoms with Crippen molar-refractivity contribution in [2.45, 2.75) is 23.6 Å². The second-order valence-corrected chi connectivity index (χ2v) is 7.26. The van der Waals surface area contributed by atoms with E-state index >= 15 is 0 Å². The zero-order valence-electron chi connectivity index (χ0n) is 13.4. The summed E-state index contributed by atoms with van der Waals surface area (Å²) in [5.41, 5.74) is 0.403. The number of nitrogens with one attached hydrogen (secondary N) is 1. The van der Waals surface area contributed by atoms with E-state index in [0.29, 0.717) is 17.2 Å². The maximum Gasteiger partial charge on any atom is 0.341 e. The van der Waals surface area contributed by atoms with Crippen molar-refractivity contribution in [3.05, 3.63) is 63.7 Å². The van der Waals surface area contributed by atoms with Crippen LogP contribution in [0.1, 0.15) is 24.1 Å². The highest BCUT2D eigenvalue weighted by Crippen LogP contribution is 2.32. The molecule has 0 amide bonds. The number of hydrogen-bond acceptors (Lipinski definition) is 6. The van der Waals surface area contributed by atoms with Gasteiger partial charge < -0.3 is 5.32 Å². The zero-order chi connectivity index (χ0) is 19.5. The smallest absolute Gasteiger partial charge is 0.341 e. The normalized spacial score (nSPS) is 12.4. The van der Waals surface area contributed by atoms with Gasteiger partial charge in [0.05, 0.1) is 21.5 Å². The van der Waals surface area contributed by atoms with Crippen molar-refractivity contribution in [1.29, 1.82) is 5.26 Å². The Hall–Kier alpha value is -3.06. The van der Waals surface area contributed by atoms with Gasteiger partial charge in [0.15, 0.2) is 0 Å². The van der Waals surface area contributed by atoms with Crippen molar-refractivity contribution in [1.82, 2.24) is 0 Å². The molecule has 10 heteroatoms. The minimum Gasteiger partial charge on any atom is -0.373 e. The van der Waals surface area contributed by atoms with Gasteiger partial charge in [0, 0.05) is 12.1 Å². The van der Waals surface area contributed by atoms with Crippen molar-refractivity contribution in [3.8, 4) is 6.07 Å². The topological polar surface area (TPSA) is 113 Å². The summed E-state index contributed by atoms with van der Waals surface area (Å²) >= 11 is 0. The third kappa shape index (κ3) is 3.94. The van der Waals surface area contributed by atoms with Crippen LogP contribution in [0.4, 0.5) is 20.2 Å². The van der Waals surface area contributed by atoms with Crippen molar-refractivity contribution < 1.29 is 22.1 Å². The van der Waals surface area contributed by atoms with Crippen molar-refractivity contribution in [2.24, 2.45) is 0 Å². The van der Waals surface area contributed by atoms with Crippen LogP contribution in [0.15, 0.2) is 47.4 Å². The highest BCUT2D eigenvalue weighted by molar-refractivity contribution is 7.91. The van der Waals surface area contributed by atoms with Gasteiger partial charge in [-0.05, 0) is 36.8 Å². The lowest BCUT2D eigenvalue weighted by Crippen LogP contribution is -2.13. The summed E-state index contributed by atoms with van der Waals surface area (Å²) in [6.45, 7) is 1.68. The summed E-state index contributed by atoms with van der Waals surface area (Å²) in [6, 6.07) is 10.6. The van der Waals surface area contributed by atoms with E-state index in [1.54, 1.807) is 31.2 Å². The van der Waals surface area contributed by atoms with Crippen molar-refractivity contribution >= 4 is 21.2 Å². The summed E-state index contributed by atoms with van der Waals surface area (Å²) in [5.74, 6) is -3.67. The minimum absolute atomic E-state index is 0.0296. The zero-order valence-corrected chi connectivity index (χ0v) is 14.2. The number of nitriles is 1. The lowest BCUT2D eigenvalue weighted by molar-refractivity contribution is -0.384. The van der Waals surface area contributed by atoms with Crippen LogP contribution in [0.5, 0.6) is 0 Å². The molecule has 7 nitrogen and oxygen atoms in total. The van der Waals surface area contributed by atoms with E-state index in [2.05, 4.69) is 5.32 Å². The van der Waals surface area contributed by atoms with Crippen LogP contribution in [-0.4, -0.2) is 19.1 Å². The summed E-state index contributed by atoms with van der Waals surface area (Å²) in [4.78, 5) is 9.54. The Morgan fingerprint density at radius 2 is 1.92 bits per heavy atom. The predicted octanol–water partition coefficient (Wildman–Crippen LogP) is 3.64. The van der Waals surface area contributed by atoms with Gasteiger partial charge in [-0.1, -0.05) is 12.1 Å². The predicted molar refractivity (Wildman–Crippen MR) is 89.5 cm³/mol. The van der Waals surface area contributed by atoms with Gasteiger partial charge in [0.25, 0.3) is 5.69 Å². The van der Waals surface area contributed by atoms with E-state index in [4.69, 9.17) is 5.26 Å². The van der Waals surface area contributed by atoms with E-state index < -0.39 is 37.1 Å². The third-order valence-electron chi connectivity index (χ3n) is 3.62. The first-order valence-corrected chi connectivity index (χ1v) is 8.78. The fourth-order valence-electron chi connectivity index (χ4n) is 2.26. The van der Waals surface area contributed by atoms with E-state index in [1.807, 2.05) is 6.07 Å². The second-order valence-electron chi connectivity index (χ2n) is 5.35. The molecular weight excluding hydrogens is 368 g/mol.